The van der Waals surface area contributed by atoms with Crippen molar-refractivity contribution in [1.29, 1.82) is 0 Å². The maximum absolute atomic E-state index is 11.9. The van der Waals surface area contributed by atoms with E-state index in [1.807, 2.05) is 13.8 Å². The Kier molecular flexibility index (Phi) is 4.73. The zero-order valence-electron chi connectivity index (χ0n) is 9.90. The SMILES string of the molecule is CC(C)C(C(=O)NCC(=O)O)N1CCCC1. The Balaban J connectivity index is 2.54. The molecule has 0 aliphatic carbocycles. The van der Waals surface area contributed by atoms with Crippen molar-refractivity contribution in [2.24, 2.45) is 5.92 Å². The van der Waals surface area contributed by atoms with Gasteiger partial charge in [0.05, 0.1) is 6.04 Å². The molecule has 1 unspecified atom stereocenters. The molecule has 1 saturated heterocycles. The molecule has 1 amide bonds. The number of amides is 1. The van der Waals surface area contributed by atoms with Crippen molar-refractivity contribution in [3.8, 4) is 0 Å². The molecule has 0 saturated carbocycles. The van der Waals surface area contributed by atoms with E-state index in [1.54, 1.807) is 0 Å². The average Bonchev–Trinajstić information content (AvgIpc) is 2.67. The first-order valence-electron chi connectivity index (χ1n) is 5.76. The Morgan fingerprint density at radius 1 is 1.31 bits per heavy atom. The molecule has 1 aliphatic rings. The number of hydrogen-bond acceptors (Lipinski definition) is 3. The van der Waals surface area contributed by atoms with Crippen molar-refractivity contribution in [3.05, 3.63) is 0 Å². The molecule has 0 aromatic rings. The Morgan fingerprint density at radius 2 is 1.88 bits per heavy atom. The summed E-state index contributed by atoms with van der Waals surface area (Å²) in [6.07, 6.45) is 2.24. The van der Waals surface area contributed by atoms with E-state index in [-0.39, 0.29) is 24.4 Å². The number of carboxylic acid groups (broad SMARTS) is 1. The lowest BCUT2D eigenvalue weighted by Crippen LogP contribution is -2.49. The van der Waals surface area contributed by atoms with Crippen LogP contribution in [0.2, 0.25) is 0 Å². The van der Waals surface area contributed by atoms with Gasteiger partial charge in [0.2, 0.25) is 5.91 Å². The Hall–Kier alpha value is -1.10. The van der Waals surface area contributed by atoms with E-state index >= 15 is 0 Å². The lowest BCUT2D eigenvalue weighted by atomic mass is 10.0. The van der Waals surface area contributed by atoms with Crippen LogP contribution in [0.15, 0.2) is 0 Å². The third-order valence-corrected chi connectivity index (χ3v) is 2.85. The third-order valence-electron chi connectivity index (χ3n) is 2.85. The monoisotopic (exact) mass is 228 g/mol. The lowest BCUT2D eigenvalue weighted by molar-refractivity contribution is -0.139. The van der Waals surface area contributed by atoms with Crippen LogP contribution in [0, 0.1) is 5.92 Å². The van der Waals surface area contributed by atoms with Crippen LogP contribution in [-0.2, 0) is 9.59 Å². The number of nitrogens with zero attached hydrogens (tertiary/aromatic N) is 1. The van der Waals surface area contributed by atoms with E-state index < -0.39 is 5.97 Å². The van der Waals surface area contributed by atoms with Gasteiger partial charge < -0.3 is 10.4 Å². The van der Waals surface area contributed by atoms with Gasteiger partial charge in [-0.3, -0.25) is 14.5 Å². The average molecular weight is 228 g/mol. The van der Waals surface area contributed by atoms with E-state index in [4.69, 9.17) is 5.11 Å². The quantitative estimate of drug-likeness (QED) is 0.710. The lowest BCUT2D eigenvalue weighted by Gasteiger charge is -2.29. The Bertz CT molecular complexity index is 260. The fourth-order valence-electron chi connectivity index (χ4n) is 2.18. The van der Waals surface area contributed by atoms with Crippen molar-refractivity contribution in [2.45, 2.75) is 32.7 Å². The highest BCUT2D eigenvalue weighted by atomic mass is 16.4. The summed E-state index contributed by atoms with van der Waals surface area (Å²) < 4.78 is 0. The molecule has 0 aromatic heterocycles. The van der Waals surface area contributed by atoms with Crippen molar-refractivity contribution in [3.63, 3.8) is 0 Å². The first kappa shape index (κ1) is 13.0. The van der Waals surface area contributed by atoms with Gasteiger partial charge in [0, 0.05) is 0 Å². The van der Waals surface area contributed by atoms with Crippen molar-refractivity contribution in [1.82, 2.24) is 10.2 Å². The minimum atomic E-state index is -1.00. The van der Waals surface area contributed by atoms with Crippen LogP contribution in [0.3, 0.4) is 0 Å². The van der Waals surface area contributed by atoms with Crippen LogP contribution >= 0.6 is 0 Å². The van der Waals surface area contributed by atoms with E-state index in [9.17, 15) is 9.59 Å². The molecule has 1 heterocycles. The molecule has 1 atom stereocenters. The smallest absolute Gasteiger partial charge is 0.322 e. The van der Waals surface area contributed by atoms with Crippen LogP contribution < -0.4 is 5.32 Å². The molecule has 1 aliphatic heterocycles. The van der Waals surface area contributed by atoms with E-state index in [1.165, 1.54) is 0 Å². The molecular formula is C11H20N2O3. The summed E-state index contributed by atoms with van der Waals surface area (Å²) in [5.74, 6) is -0.969. The van der Waals surface area contributed by atoms with Crippen LogP contribution in [0.4, 0.5) is 0 Å². The predicted molar refractivity (Wildman–Crippen MR) is 60.1 cm³/mol. The van der Waals surface area contributed by atoms with Gasteiger partial charge in [-0.05, 0) is 31.8 Å². The van der Waals surface area contributed by atoms with Gasteiger partial charge in [0.15, 0.2) is 0 Å². The van der Waals surface area contributed by atoms with Gasteiger partial charge in [0.1, 0.15) is 6.54 Å². The Morgan fingerprint density at radius 3 is 2.31 bits per heavy atom. The highest BCUT2D eigenvalue weighted by Gasteiger charge is 2.30. The van der Waals surface area contributed by atoms with Crippen molar-refractivity contribution < 1.29 is 14.7 Å². The number of nitrogens with one attached hydrogen (secondary N) is 1. The fourth-order valence-corrected chi connectivity index (χ4v) is 2.18. The summed E-state index contributed by atoms with van der Waals surface area (Å²) in [4.78, 5) is 24.4. The van der Waals surface area contributed by atoms with Gasteiger partial charge in [-0.2, -0.15) is 0 Å². The molecule has 1 fully saturated rings. The summed E-state index contributed by atoms with van der Waals surface area (Å²) in [5, 5.41) is 11.0. The maximum atomic E-state index is 11.9. The zero-order valence-corrected chi connectivity index (χ0v) is 9.90. The highest BCUT2D eigenvalue weighted by Crippen LogP contribution is 2.17. The standard InChI is InChI=1S/C11H20N2O3/c1-8(2)10(13-5-3-4-6-13)11(16)12-7-9(14)15/h8,10H,3-7H2,1-2H3,(H,12,16)(H,14,15). The number of rotatable bonds is 5. The topological polar surface area (TPSA) is 69.6 Å². The number of carbonyl (C=O) groups is 2. The summed E-state index contributed by atoms with van der Waals surface area (Å²) in [5.41, 5.74) is 0. The van der Waals surface area contributed by atoms with E-state index in [2.05, 4.69) is 10.2 Å². The molecule has 5 nitrogen and oxygen atoms in total. The molecule has 2 N–H and O–H groups in total. The molecule has 1 rings (SSSR count). The number of carbonyl (C=O) groups excluding carboxylic acids is 1. The number of aliphatic carboxylic acids is 1. The number of likely N-dealkylation sites (tertiary alicyclic amines) is 1. The molecule has 0 bridgehead atoms. The molecule has 0 aromatic carbocycles. The first-order valence-corrected chi connectivity index (χ1v) is 5.76. The number of carboxylic acids is 1. The van der Waals surface area contributed by atoms with Gasteiger partial charge in [-0.1, -0.05) is 13.8 Å². The molecule has 0 radical (unpaired) electrons. The van der Waals surface area contributed by atoms with Gasteiger partial charge in [0.25, 0.3) is 0 Å². The first-order chi connectivity index (χ1) is 7.52. The van der Waals surface area contributed by atoms with Gasteiger partial charge >= 0.3 is 5.97 Å². The molecule has 92 valence electrons. The van der Waals surface area contributed by atoms with Crippen LogP contribution in [0.5, 0.6) is 0 Å². The summed E-state index contributed by atoms with van der Waals surface area (Å²) >= 11 is 0. The largest absolute Gasteiger partial charge is 0.480 e. The van der Waals surface area contributed by atoms with Crippen LogP contribution in [0.1, 0.15) is 26.7 Å². The molecule has 0 spiro atoms. The third kappa shape index (κ3) is 3.48. The maximum Gasteiger partial charge on any atom is 0.322 e. The van der Waals surface area contributed by atoms with E-state index in [0.717, 1.165) is 25.9 Å². The molecular weight excluding hydrogens is 208 g/mol. The van der Waals surface area contributed by atoms with Crippen molar-refractivity contribution >= 4 is 11.9 Å². The molecule has 16 heavy (non-hydrogen) atoms. The molecule has 5 heteroatoms. The second-order valence-corrected chi connectivity index (χ2v) is 4.54. The Labute approximate surface area is 95.8 Å². The van der Waals surface area contributed by atoms with E-state index in [0.29, 0.717) is 0 Å². The fraction of sp³-hybridized carbons (Fsp3) is 0.818. The summed E-state index contributed by atoms with van der Waals surface area (Å²) in [6, 6.07) is -0.193. The normalized spacial score (nSPS) is 18.7. The highest BCUT2D eigenvalue weighted by molar-refractivity contribution is 5.85. The van der Waals surface area contributed by atoms with Gasteiger partial charge in [-0.25, -0.2) is 0 Å². The second-order valence-electron chi connectivity index (χ2n) is 4.54. The van der Waals surface area contributed by atoms with Crippen LogP contribution in [0.25, 0.3) is 0 Å². The minimum absolute atomic E-state index is 0.167. The van der Waals surface area contributed by atoms with Gasteiger partial charge in [-0.15, -0.1) is 0 Å². The number of hydrogen-bond donors (Lipinski definition) is 2. The van der Waals surface area contributed by atoms with Crippen molar-refractivity contribution in [2.75, 3.05) is 19.6 Å². The zero-order chi connectivity index (χ0) is 12.1. The van der Waals surface area contributed by atoms with Crippen LogP contribution in [-0.4, -0.2) is 47.6 Å². The predicted octanol–water partition coefficient (Wildman–Crippen LogP) is 0.308. The summed E-state index contributed by atoms with van der Waals surface area (Å²) in [7, 11) is 0. The summed E-state index contributed by atoms with van der Waals surface area (Å²) in [6.45, 7) is 5.55. The minimum Gasteiger partial charge on any atom is -0.480 e. The second kappa shape index (κ2) is 5.84.